The van der Waals surface area contributed by atoms with Gasteiger partial charge >= 0.3 is 0 Å². The lowest BCUT2D eigenvalue weighted by Crippen LogP contribution is -2.38. The van der Waals surface area contributed by atoms with E-state index in [1.165, 1.54) is 0 Å². The highest BCUT2D eigenvalue weighted by atomic mass is 16.5. The third-order valence-electron chi connectivity index (χ3n) is 4.29. The maximum absolute atomic E-state index is 12.3. The zero-order chi connectivity index (χ0) is 15.7. The maximum Gasteiger partial charge on any atom is 0.260 e. The molecule has 1 aliphatic rings. The van der Waals surface area contributed by atoms with E-state index in [0.717, 1.165) is 40.3 Å². The van der Waals surface area contributed by atoms with Crippen molar-refractivity contribution in [1.29, 1.82) is 0 Å². The number of aromatic nitrogens is 1. The Bertz CT molecular complexity index is 706. The average molecular weight is 300 g/mol. The number of rotatable bonds is 3. The Labute approximate surface area is 129 Å². The summed E-state index contributed by atoms with van der Waals surface area (Å²) in [5.41, 5.74) is 4.29. The Balaban J connectivity index is 1.62. The minimum atomic E-state index is -0.0272. The number of hydrogen-bond acceptors (Lipinski definition) is 4. The van der Waals surface area contributed by atoms with Crippen LogP contribution in [0.3, 0.4) is 0 Å². The van der Waals surface area contributed by atoms with Crippen LogP contribution in [0.4, 0.5) is 0 Å². The van der Waals surface area contributed by atoms with E-state index in [4.69, 9.17) is 9.26 Å². The highest BCUT2D eigenvalue weighted by Crippen LogP contribution is 2.23. The van der Waals surface area contributed by atoms with Gasteiger partial charge < -0.3 is 14.2 Å². The first kappa shape index (κ1) is 14.6. The molecule has 0 fully saturated rings. The summed E-state index contributed by atoms with van der Waals surface area (Å²) in [6, 6.07) is 5.86. The lowest BCUT2D eigenvalue weighted by atomic mass is 10.1. The highest BCUT2D eigenvalue weighted by Gasteiger charge is 2.25. The molecule has 1 amide bonds. The molecular weight excluding hydrogens is 280 g/mol. The molecule has 0 aliphatic carbocycles. The van der Waals surface area contributed by atoms with Gasteiger partial charge in [0.05, 0.1) is 12.2 Å². The number of carbonyl (C=O) groups is 1. The second kappa shape index (κ2) is 5.83. The summed E-state index contributed by atoms with van der Waals surface area (Å²) >= 11 is 0. The topological polar surface area (TPSA) is 55.6 Å². The Hall–Kier alpha value is -2.30. The molecule has 1 aromatic carbocycles. The van der Waals surface area contributed by atoms with Gasteiger partial charge in [0.25, 0.3) is 5.91 Å². The van der Waals surface area contributed by atoms with E-state index < -0.39 is 0 Å². The van der Waals surface area contributed by atoms with Crippen LogP contribution >= 0.6 is 0 Å². The largest absolute Gasteiger partial charge is 0.483 e. The summed E-state index contributed by atoms with van der Waals surface area (Å²) in [6.45, 7) is 7.17. The molecule has 22 heavy (non-hydrogen) atoms. The number of ether oxygens (including phenoxy) is 1. The van der Waals surface area contributed by atoms with E-state index in [2.05, 4.69) is 5.16 Å². The van der Waals surface area contributed by atoms with E-state index in [-0.39, 0.29) is 12.5 Å². The second-order valence-corrected chi connectivity index (χ2v) is 5.72. The fourth-order valence-electron chi connectivity index (χ4n) is 2.70. The molecular formula is C17H20N2O3. The van der Waals surface area contributed by atoms with Gasteiger partial charge in [-0.3, -0.25) is 4.79 Å². The van der Waals surface area contributed by atoms with Gasteiger partial charge in [-0.1, -0.05) is 17.3 Å². The molecule has 0 radical (unpaired) electrons. The molecule has 0 saturated heterocycles. The van der Waals surface area contributed by atoms with Crippen molar-refractivity contribution >= 4 is 5.91 Å². The first-order valence-electron chi connectivity index (χ1n) is 7.47. The molecule has 116 valence electrons. The van der Waals surface area contributed by atoms with Crippen molar-refractivity contribution in [2.45, 2.75) is 33.7 Å². The molecule has 2 heterocycles. The van der Waals surface area contributed by atoms with Crippen LogP contribution in [0.5, 0.6) is 5.75 Å². The molecule has 2 aromatic rings. The number of nitrogens with zero attached hydrogens (tertiary/aromatic N) is 2. The summed E-state index contributed by atoms with van der Waals surface area (Å²) in [5.74, 6) is 1.53. The van der Waals surface area contributed by atoms with Crippen LogP contribution in [0.15, 0.2) is 22.7 Å². The van der Waals surface area contributed by atoms with Crippen LogP contribution in [0.25, 0.3) is 0 Å². The van der Waals surface area contributed by atoms with Crippen molar-refractivity contribution in [2.75, 3.05) is 13.2 Å². The van der Waals surface area contributed by atoms with Crippen LogP contribution in [0.1, 0.15) is 28.1 Å². The molecule has 5 heteroatoms. The average Bonchev–Trinajstić information content (AvgIpc) is 2.89. The zero-order valence-electron chi connectivity index (χ0n) is 13.2. The number of amides is 1. The van der Waals surface area contributed by atoms with Crippen molar-refractivity contribution in [3.63, 3.8) is 0 Å². The first-order chi connectivity index (χ1) is 10.6. The maximum atomic E-state index is 12.3. The van der Waals surface area contributed by atoms with E-state index in [1.807, 2.05) is 39.0 Å². The standard InChI is InChI=1S/C17H20N2O3/c1-11-5-4-6-15(12(11)2)21-10-17(20)19-8-7-14-13(3)18-22-16(14)9-19/h4-6H,7-10H2,1-3H3. The fraction of sp³-hybridized carbons (Fsp3) is 0.412. The van der Waals surface area contributed by atoms with Gasteiger partial charge in [-0.05, 0) is 44.4 Å². The number of aryl methyl sites for hydroxylation is 2. The Morgan fingerprint density at radius 3 is 3.00 bits per heavy atom. The summed E-state index contributed by atoms with van der Waals surface area (Å²) < 4.78 is 11.0. The number of carbonyl (C=O) groups excluding carboxylic acids is 1. The molecule has 0 unspecified atom stereocenters. The lowest BCUT2D eigenvalue weighted by Gasteiger charge is -2.25. The lowest BCUT2D eigenvalue weighted by molar-refractivity contribution is -0.134. The van der Waals surface area contributed by atoms with E-state index in [1.54, 1.807) is 4.90 Å². The normalized spacial score (nSPS) is 13.9. The van der Waals surface area contributed by atoms with Gasteiger partial charge in [-0.15, -0.1) is 0 Å². The summed E-state index contributed by atoms with van der Waals surface area (Å²) in [4.78, 5) is 14.1. The highest BCUT2D eigenvalue weighted by molar-refractivity contribution is 5.78. The van der Waals surface area contributed by atoms with Crippen LogP contribution in [0, 0.1) is 20.8 Å². The molecule has 1 aliphatic heterocycles. The number of hydrogen-bond donors (Lipinski definition) is 0. The second-order valence-electron chi connectivity index (χ2n) is 5.72. The van der Waals surface area contributed by atoms with Gasteiger partial charge in [-0.25, -0.2) is 0 Å². The van der Waals surface area contributed by atoms with Crippen molar-refractivity contribution < 1.29 is 14.1 Å². The van der Waals surface area contributed by atoms with Crippen LogP contribution in [0.2, 0.25) is 0 Å². The summed E-state index contributed by atoms with van der Waals surface area (Å²) in [7, 11) is 0. The van der Waals surface area contributed by atoms with E-state index >= 15 is 0 Å². The van der Waals surface area contributed by atoms with E-state index in [9.17, 15) is 4.79 Å². The summed E-state index contributed by atoms with van der Waals surface area (Å²) in [6.07, 6.45) is 0.792. The summed E-state index contributed by atoms with van der Waals surface area (Å²) in [5, 5.41) is 3.96. The predicted molar refractivity (Wildman–Crippen MR) is 81.8 cm³/mol. The molecule has 0 saturated carbocycles. The minimum Gasteiger partial charge on any atom is -0.483 e. The van der Waals surface area contributed by atoms with Crippen molar-refractivity contribution in [1.82, 2.24) is 10.1 Å². The molecule has 0 bridgehead atoms. The molecule has 5 nitrogen and oxygen atoms in total. The Kier molecular flexibility index (Phi) is 3.88. The van der Waals surface area contributed by atoms with Crippen LogP contribution in [-0.2, 0) is 17.8 Å². The van der Waals surface area contributed by atoms with Gasteiger partial charge in [0.15, 0.2) is 12.4 Å². The third kappa shape index (κ3) is 2.71. The Morgan fingerprint density at radius 2 is 2.18 bits per heavy atom. The van der Waals surface area contributed by atoms with Crippen LogP contribution in [-0.4, -0.2) is 29.1 Å². The minimum absolute atomic E-state index is 0.0272. The number of fused-ring (bicyclic) bond motifs is 1. The van der Waals surface area contributed by atoms with Gasteiger partial charge in [-0.2, -0.15) is 0 Å². The molecule has 0 atom stereocenters. The van der Waals surface area contributed by atoms with Crippen molar-refractivity contribution in [3.8, 4) is 5.75 Å². The molecule has 3 rings (SSSR count). The SMILES string of the molecule is Cc1cccc(OCC(=O)N2CCc3c(C)noc3C2)c1C. The Morgan fingerprint density at radius 1 is 1.36 bits per heavy atom. The zero-order valence-corrected chi connectivity index (χ0v) is 13.2. The quantitative estimate of drug-likeness (QED) is 0.874. The number of benzene rings is 1. The monoisotopic (exact) mass is 300 g/mol. The van der Waals surface area contributed by atoms with Gasteiger partial charge in [0.1, 0.15) is 5.75 Å². The molecule has 1 aromatic heterocycles. The fourth-order valence-corrected chi connectivity index (χ4v) is 2.70. The first-order valence-corrected chi connectivity index (χ1v) is 7.47. The molecule has 0 N–H and O–H groups in total. The predicted octanol–water partition coefficient (Wildman–Crippen LogP) is 2.56. The molecule has 0 spiro atoms. The smallest absolute Gasteiger partial charge is 0.260 e. The van der Waals surface area contributed by atoms with Crippen molar-refractivity contribution in [3.05, 3.63) is 46.3 Å². The van der Waals surface area contributed by atoms with Gasteiger partial charge in [0, 0.05) is 12.1 Å². The van der Waals surface area contributed by atoms with Crippen LogP contribution < -0.4 is 4.74 Å². The third-order valence-corrected chi connectivity index (χ3v) is 4.29. The van der Waals surface area contributed by atoms with Crippen molar-refractivity contribution in [2.24, 2.45) is 0 Å². The van der Waals surface area contributed by atoms with Gasteiger partial charge in [0.2, 0.25) is 0 Å². The van der Waals surface area contributed by atoms with E-state index in [0.29, 0.717) is 13.1 Å².